The summed E-state index contributed by atoms with van der Waals surface area (Å²) < 4.78 is 14.3. The predicted molar refractivity (Wildman–Crippen MR) is 65.7 cm³/mol. The van der Waals surface area contributed by atoms with E-state index in [0.29, 0.717) is 5.65 Å². The van der Waals surface area contributed by atoms with Gasteiger partial charge in [0, 0.05) is 12.4 Å². The smallest absolute Gasteiger partial charge is 0.328 e. The Morgan fingerprint density at radius 3 is 2.70 bits per heavy atom. The SMILES string of the molecule is CC(O)C(NC(=O)c1cn2cc(F)ccc2n1)C(=O)O. The Balaban J connectivity index is 2.25. The third kappa shape index (κ3) is 2.75. The maximum atomic E-state index is 13.0. The molecule has 2 aromatic rings. The van der Waals surface area contributed by atoms with E-state index in [9.17, 15) is 19.1 Å². The fraction of sp³-hybridized carbons (Fsp3) is 0.250. The second-order valence-corrected chi connectivity index (χ2v) is 4.27. The summed E-state index contributed by atoms with van der Waals surface area (Å²) in [4.78, 5) is 26.7. The predicted octanol–water partition coefficient (Wildman–Crippen LogP) is 0.0372. The Hall–Kier alpha value is -2.48. The molecule has 8 heteroatoms. The van der Waals surface area contributed by atoms with Crippen LogP contribution in [0.5, 0.6) is 0 Å². The summed E-state index contributed by atoms with van der Waals surface area (Å²) >= 11 is 0. The van der Waals surface area contributed by atoms with Gasteiger partial charge in [0.15, 0.2) is 6.04 Å². The number of carboxylic acids is 1. The molecule has 2 unspecified atom stereocenters. The second-order valence-electron chi connectivity index (χ2n) is 4.27. The van der Waals surface area contributed by atoms with Crippen molar-refractivity contribution in [1.29, 1.82) is 0 Å². The van der Waals surface area contributed by atoms with Crippen LogP contribution in [-0.4, -0.2) is 43.6 Å². The number of aliphatic hydroxyl groups is 1. The molecule has 0 aliphatic rings. The number of aliphatic hydroxyl groups excluding tert-OH is 1. The number of hydrogen-bond donors (Lipinski definition) is 3. The number of halogens is 1. The lowest BCUT2D eigenvalue weighted by molar-refractivity contribution is -0.141. The molecule has 0 bridgehead atoms. The number of pyridine rings is 1. The Morgan fingerprint density at radius 1 is 1.40 bits per heavy atom. The maximum Gasteiger partial charge on any atom is 0.328 e. The highest BCUT2D eigenvalue weighted by Crippen LogP contribution is 2.07. The van der Waals surface area contributed by atoms with E-state index in [4.69, 9.17) is 5.11 Å². The van der Waals surface area contributed by atoms with Gasteiger partial charge in [-0.05, 0) is 19.1 Å². The zero-order chi connectivity index (χ0) is 14.9. The molecule has 7 nitrogen and oxygen atoms in total. The third-order valence-corrected chi connectivity index (χ3v) is 2.68. The van der Waals surface area contributed by atoms with Crippen molar-refractivity contribution in [3.8, 4) is 0 Å². The zero-order valence-electron chi connectivity index (χ0n) is 10.4. The molecule has 0 radical (unpaired) electrons. The molecule has 0 saturated heterocycles. The number of nitrogens with zero attached hydrogens (tertiary/aromatic N) is 2. The number of aromatic nitrogens is 2. The van der Waals surface area contributed by atoms with Crippen molar-refractivity contribution in [2.45, 2.75) is 19.1 Å². The number of hydrogen-bond acceptors (Lipinski definition) is 4. The number of imidazole rings is 1. The minimum absolute atomic E-state index is 0.0671. The van der Waals surface area contributed by atoms with Crippen LogP contribution in [0.15, 0.2) is 24.5 Å². The Kier molecular flexibility index (Phi) is 3.66. The van der Waals surface area contributed by atoms with Crippen LogP contribution >= 0.6 is 0 Å². The lowest BCUT2D eigenvalue weighted by Gasteiger charge is -2.15. The summed E-state index contributed by atoms with van der Waals surface area (Å²) in [5.41, 5.74) is 0.281. The molecule has 2 atom stereocenters. The van der Waals surface area contributed by atoms with E-state index in [1.807, 2.05) is 0 Å². The van der Waals surface area contributed by atoms with Gasteiger partial charge in [0.2, 0.25) is 0 Å². The number of rotatable bonds is 4. The van der Waals surface area contributed by atoms with Crippen molar-refractivity contribution in [1.82, 2.24) is 14.7 Å². The molecule has 106 valence electrons. The summed E-state index contributed by atoms with van der Waals surface area (Å²) in [6, 6.07) is 1.14. The van der Waals surface area contributed by atoms with Gasteiger partial charge in [0.05, 0.1) is 6.10 Å². The molecule has 0 fully saturated rings. The monoisotopic (exact) mass is 281 g/mol. The minimum atomic E-state index is -1.44. The van der Waals surface area contributed by atoms with E-state index in [2.05, 4.69) is 10.3 Å². The number of carbonyl (C=O) groups is 2. The minimum Gasteiger partial charge on any atom is -0.480 e. The van der Waals surface area contributed by atoms with Crippen LogP contribution in [-0.2, 0) is 4.79 Å². The van der Waals surface area contributed by atoms with Crippen molar-refractivity contribution in [3.63, 3.8) is 0 Å². The van der Waals surface area contributed by atoms with Crippen molar-refractivity contribution in [3.05, 3.63) is 36.0 Å². The lowest BCUT2D eigenvalue weighted by atomic mass is 10.2. The Bertz CT molecular complexity index is 668. The van der Waals surface area contributed by atoms with Crippen LogP contribution in [0, 0.1) is 5.82 Å². The van der Waals surface area contributed by atoms with E-state index < -0.39 is 29.8 Å². The Labute approximate surface area is 112 Å². The molecule has 2 rings (SSSR count). The molecule has 2 heterocycles. The molecule has 0 aliphatic heterocycles. The third-order valence-electron chi connectivity index (χ3n) is 2.68. The fourth-order valence-corrected chi connectivity index (χ4v) is 1.68. The van der Waals surface area contributed by atoms with Crippen LogP contribution in [0.1, 0.15) is 17.4 Å². The first-order valence-electron chi connectivity index (χ1n) is 5.74. The van der Waals surface area contributed by atoms with Gasteiger partial charge in [-0.25, -0.2) is 14.2 Å². The first kappa shape index (κ1) is 13.9. The first-order valence-corrected chi connectivity index (χ1v) is 5.74. The van der Waals surface area contributed by atoms with E-state index in [-0.39, 0.29) is 5.69 Å². The molecule has 0 spiro atoms. The standard InChI is InChI=1S/C12H12FN3O4/c1-6(17)10(12(19)20)15-11(18)8-5-16-4-7(13)2-3-9(16)14-8/h2-6,10,17H,1H3,(H,15,18)(H,19,20). The van der Waals surface area contributed by atoms with Crippen molar-refractivity contribution < 1.29 is 24.2 Å². The summed E-state index contributed by atoms with van der Waals surface area (Å²) in [6.45, 7) is 1.25. The van der Waals surface area contributed by atoms with Gasteiger partial charge in [-0.3, -0.25) is 4.79 Å². The fourth-order valence-electron chi connectivity index (χ4n) is 1.68. The van der Waals surface area contributed by atoms with Gasteiger partial charge in [-0.15, -0.1) is 0 Å². The van der Waals surface area contributed by atoms with E-state index in [1.54, 1.807) is 0 Å². The van der Waals surface area contributed by atoms with Crippen LogP contribution in [0.2, 0.25) is 0 Å². The molecule has 0 aliphatic carbocycles. The van der Waals surface area contributed by atoms with Gasteiger partial charge in [0.1, 0.15) is 17.2 Å². The number of carboxylic acid groups (broad SMARTS) is 1. The van der Waals surface area contributed by atoms with E-state index >= 15 is 0 Å². The second kappa shape index (κ2) is 5.25. The molecule has 0 aromatic carbocycles. The number of amides is 1. The lowest BCUT2D eigenvalue weighted by Crippen LogP contribution is -2.47. The van der Waals surface area contributed by atoms with Gasteiger partial charge in [-0.1, -0.05) is 0 Å². The summed E-state index contributed by atoms with van der Waals surface area (Å²) in [5.74, 6) is -2.61. The molecule has 0 saturated carbocycles. The van der Waals surface area contributed by atoms with Crippen LogP contribution in [0.4, 0.5) is 4.39 Å². The summed E-state index contributed by atoms with van der Waals surface area (Å²) in [5, 5.41) is 20.3. The van der Waals surface area contributed by atoms with Crippen LogP contribution in [0.3, 0.4) is 0 Å². The summed E-state index contributed by atoms with van der Waals surface area (Å²) in [7, 11) is 0. The molecular formula is C12H12FN3O4. The highest BCUT2D eigenvalue weighted by atomic mass is 19.1. The summed E-state index contributed by atoms with van der Waals surface area (Å²) in [6.07, 6.45) is 1.16. The molecule has 1 amide bonds. The number of fused-ring (bicyclic) bond motifs is 1. The molecule has 20 heavy (non-hydrogen) atoms. The van der Waals surface area contributed by atoms with E-state index in [0.717, 1.165) is 6.20 Å². The molecule has 2 aromatic heterocycles. The maximum absolute atomic E-state index is 13.0. The largest absolute Gasteiger partial charge is 0.480 e. The number of carbonyl (C=O) groups excluding carboxylic acids is 1. The van der Waals surface area contributed by atoms with Crippen LogP contribution < -0.4 is 5.32 Å². The number of aliphatic carboxylic acids is 1. The van der Waals surface area contributed by atoms with Crippen molar-refractivity contribution in [2.24, 2.45) is 0 Å². The van der Waals surface area contributed by atoms with Crippen LogP contribution in [0.25, 0.3) is 5.65 Å². The normalized spacial score (nSPS) is 13.9. The van der Waals surface area contributed by atoms with Crippen molar-refractivity contribution >= 4 is 17.5 Å². The van der Waals surface area contributed by atoms with Gasteiger partial charge in [-0.2, -0.15) is 0 Å². The Morgan fingerprint density at radius 2 is 2.10 bits per heavy atom. The highest BCUT2D eigenvalue weighted by Gasteiger charge is 2.26. The van der Waals surface area contributed by atoms with Gasteiger partial charge in [0.25, 0.3) is 5.91 Å². The van der Waals surface area contributed by atoms with Gasteiger partial charge >= 0.3 is 5.97 Å². The van der Waals surface area contributed by atoms with E-state index in [1.165, 1.54) is 29.7 Å². The average Bonchev–Trinajstić information content (AvgIpc) is 2.77. The van der Waals surface area contributed by atoms with Gasteiger partial charge < -0.3 is 19.9 Å². The average molecular weight is 281 g/mol. The highest BCUT2D eigenvalue weighted by molar-refractivity contribution is 5.95. The van der Waals surface area contributed by atoms with Crippen molar-refractivity contribution in [2.75, 3.05) is 0 Å². The molecular weight excluding hydrogens is 269 g/mol. The number of nitrogens with one attached hydrogen (secondary N) is 1. The quantitative estimate of drug-likeness (QED) is 0.734. The first-order chi connectivity index (χ1) is 9.38. The zero-order valence-corrected chi connectivity index (χ0v) is 10.4. The molecule has 3 N–H and O–H groups in total. The topological polar surface area (TPSA) is 104 Å².